The minimum absolute atomic E-state index is 0.0161. The van der Waals surface area contributed by atoms with E-state index in [1.54, 1.807) is 12.1 Å². The van der Waals surface area contributed by atoms with Crippen LogP contribution in [0.25, 0.3) is 11.1 Å². The molecule has 1 unspecified atom stereocenters. The summed E-state index contributed by atoms with van der Waals surface area (Å²) in [4.78, 5) is 15.2. The number of hydrogen-bond donors (Lipinski definition) is 1. The first-order valence-electron chi connectivity index (χ1n) is 5.79. The first-order chi connectivity index (χ1) is 8.96. The number of para-hydroxylation sites is 1. The van der Waals surface area contributed by atoms with E-state index in [4.69, 9.17) is 9.52 Å². The highest BCUT2D eigenvalue weighted by Crippen LogP contribution is 2.31. The second-order valence-electron chi connectivity index (χ2n) is 4.61. The molecule has 19 heavy (non-hydrogen) atoms. The number of aromatic nitrogens is 1. The molecule has 1 saturated heterocycles. The summed E-state index contributed by atoms with van der Waals surface area (Å²) in [5.41, 5.74) is 0.710. The number of sulfone groups is 1. The number of carboxylic acids is 1. The van der Waals surface area contributed by atoms with Crippen molar-refractivity contribution in [2.24, 2.45) is 0 Å². The molecule has 7 heteroatoms. The molecule has 1 aromatic carbocycles. The molecule has 100 valence electrons. The third kappa shape index (κ3) is 2.10. The van der Waals surface area contributed by atoms with Crippen molar-refractivity contribution in [1.82, 2.24) is 4.98 Å². The van der Waals surface area contributed by atoms with Crippen LogP contribution in [0.1, 0.15) is 28.6 Å². The molecule has 1 N–H and O–H groups in total. The molecule has 0 bridgehead atoms. The van der Waals surface area contributed by atoms with Crippen LogP contribution in [0.3, 0.4) is 0 Å². The minimum Gasteiger partial charge on any atom is -0.478 e. The fourth-order valence-corrected chi connectivity index (χ4v) is 4.04. The van der Waals surface area contributed by atoms with Crippen molar-refractivity contribution in [2.45, 2.75) is 12.3 Å². The molecule has 0 amide bonds. The van der Waals surface area contributed by atoms with E-state index in [1.165, 1.54) is 6.07 Å². The van der Waals surface area contributed by atoms with Gasteiger partial charge in [0.05, 0.1) is 23.0 Å². The van der Waals surface area contributed by atoms with E-state index in [9.17, 15) is 13.2 Å². The number of carboxylic acid groups (broad SMARTS) is 1. The van der Waals surface area contributed by atoms with Gasteiger partial charge in [0.1, 0.15) is 5.52 Å². The van der Waals surface area contributed by atoms with Gasteiger partial charge >= 0.3 is 5.97 Å². The molecule has 1 atom stereocenters. The number of oxazole rings is 1. The third-order valence-corrected chi connectivity index (χ3v) is 5.02. The molecule has 0 radical (unpaired) electrons. The molecule has 2 heterocycles. The van der Waals surface area contributed by atoms with Crippen LogP contribution in [-0.2, 0) is 9.84 Å². The van der Waals surface area contributed by atoms with Gasteiger partial charge in [0.2, 0.25) is 0 Å². The van der Waals surface area contributed by atoms with E-state index in [0.29, 0.717) is 17.9 Å². The summed E-state index contributed by atoms with van der Waals surface area (Å²) in [6.45, 7) is 0. The molecule has 1 fully saturated rings. The van der Waals surface area contributed by atoms with Crippen LogP contribution in [0.5, 0.6) is 0 Å². The van der Waals surface area contributed by atoms with E-state index in [0.717, 1.165) is 0 Å². The molecule has 0 spiro atoms. The van der Waals surface area contributed by atoms with Gasteiger partial charge in [-0.05, 0) is 18.6 Å². The Labute approximate surface area is 109 Å². The molecular formula is C12H11NO5S. The summed E-state index contributed by atoms with van der Waals surface area (Å²) in [6.07, 6.45) is 0.470. The summed E-state index contributed by atoms with van der Waals surface area (Å²) in [5, 5.41) is 9.06. The quantitative estimate of drug-likeness (QED) is 0.894. The van der Waals surface area contributed by atoms with Gasteiger partial charge in [-0.25, -0.2) is 18.2 Å². The van der Waals surface area contributed by atoms with E-state index < -0.39 is 15.8 Å². The summed E-state index contributed by atoms with van der Waals surface area (Å²) in [6, 6.07) is 4.65. The number of fused-ring (bicyclic) bond motifs is 1. The second kappa shape index (κ2) is 4.06. The molecule has 0 aliphatic carbocycles. The Morgan fingerprint density at radius 3 is 2.84 bits per heavy atom. The van der Waals surface area contributed by atoms with Gasteiger partial charge in [-0.2, -0.15) is 0 Å². The maximum atomic E-state index is 11.4. The molecule has 6 nitrogen and oxygen atoms in total. The first-order valence-corrected chi connectivity index (χ1v) is 7.61. The molecule has 1 aromatic heterocycles. The lowest BCUT2D eigenvalue weighted by Crippen LogP contribution is -2.04. The first kappa shape index (κ1) is 12.2. The normalized spacial score (nSPS) is 21.8. The minimum atomic E-state index is -3.02. The van der Waals surface area contributed by atoms with E-state index in [-0.39, 0.29) is 28.5 Å². The topological polar surface area (TPSA) is 97.5 Å². The Hall–Kier alpha value is -1.89. The van der Waals surface area contributed by atoms with E-state index in [1.807, 2.05) is 0 Å². The van der Waals surface area contributed by atoms with Crippen molar-refractivity contribution >= 4 is 26.9 Å². The Morgan fingerprint density at radius 1 is 1.42 bits per heavy atom. The smallest absolute Gasteiger partial charge is 0.338 e. The lowest BCUT2D eigenvalue weighted by molar-refractivity contribution is 0.0699. The van der Waals surface area contributed by atoms with Crippen molar-refractivity contribution in [3.8, 4) is 0 Å². The number of nitrogens with zero attached hydrogens (tertiary/aromatic N) is 1. The maximum absolute atomic E-state index is 11.4. The summed E-state index contributed by atoms with van der Waals surface area (Å²) in [5.74, 6) is -0.905. The zero-order valence-corrected chi connectivity index (χ0v) is 10.7. The van der Waals surface area contributed by atoms with Gasteiger partial charge in [0, 0.05) is 0 Å². The molecule has 0 saturated carbocycles. The fourth-order valence-electron chi connectivity index (χ4n) is 2.30. The highest BCUT2D eigenvalue weighted by molar-refractivity contribution is 7.91. The average Bonchev–Trinajstić information content (AvgIpc) is 2.90. The Balaban J connectivity index is 2.08. The van der Waals surface area contributed by atoms with Crippen molar-refractivity contribution in [3.63, 3.8) is 0 Å². The van der Waals surface area contributed by atoms with Gasteiger partial charge in [-0.3, -0.25) is 0 Å². The third-order valence-electron chi connectivity index (χ3n) is 3.25. The van der Waals surface area contributed by atoms with Crippen LogP contribution >= 0.6 is 0 Å². The highest BCUT2D eigenvalue weighted by atomic mass is 32.2. The van der Waals surface area contributed by atoms with Gasteiger partial charge < -0.3 is 9.52 Å². The summed E-state index contributed by atoms with van der Waals surface area (Å²) >= 11 is 0. The number of rotatable bonds is 2. The Morgan fingerprint density at radius 2 is 2.21 bits per heavy atom. The van der Waals surface area contributed by atoms with Crippen LogP contribution in [0.4, 0.5) is 0 Å². The van der Waals surface area contributed by atoms with Crippen LogP contribution in [0, 0.1) is 0 Å². The van der Waals surface area contributed by atoms with Crippen molar-refractivity contribution in [2.75, 3.05) is 11.5 Å². The predicted molar refractivity (Wildman–Crippen MR) is 67.0 cm³/mol. The zero-order valence-electron chi connectivity index (χ0n) is 9.87. The molecule has 1 aliphatic rings. The van der Waals surface area contributed by atoms with Crippen LogP contribution < -0.4 is 0 Å². The number of carbonyl (C=O) groups is 1. The average molecular weight is 281 g/mol. The Bertz CT molecular complexity index is 762. The second-order valence-corrected chi connectivity index (χ2v) is 6.84. The lowest BCUT2D eigenvalue weighted by atomic mass is 10.1. The standard InChI is InChI=1S/C12H11NO5S/c14-12(15)8-2-1-3-9-10(8)13-11(18-9)7-4-5-19(16,17)6-7/h1-3,7H,4-6H2,(H,14,15). The maximum Gasteiger partial charge on any atom is 0.338 e. The summed E-state index contributed by atoms with van der Waals surface area (Å²) in [7, 11) is -3.02. The number of benzene rings is 1. The van der Waals surface area contributed by atoms with Crippen LogP contribution in [-0.4, -0.2) is 36.0 Å². The van der Waals surface area contributed by atoms with Crippen molar-refractivity contribution < 1.29 is 22.7 Å². The van der Waals surface area contributed by atoms with Gasteiger partial charge in [0.15, 0.2) is 21.3 Å². The van der Waals surface area contributed by atoms with Gasteiger partial charge in [-0.15, -0.1) is 0 Å². The van der Waals surface area contributed by atoms with E-state index >= 15 is 0 Å². The van der Waals surface area contributed by atoms with Crippen LogP contribution in [0.15, 0.2) is 22.6 Å². The van der Waals surface area contributed by atoms with Crippen molar-refractivity contribution in [3.05, 3.63) is 29.7 Å². The van der Waals surface area contributed by atoms with Gasteiger partial charge in [0.25, 0.3) is 0 Å². The SMILES string of the molecule is O=C(O)c1cccc2oc(C3CCS(=O)(=O)C3)nc12. The monoisotopic (exact) mass is 281 g/mol. The van der Waals surface area contributed by atoms with Crippen molar-refractivity contribution in [1.29, 1.82) is 0 Å². The van der Waals surface area contributed by atoms with E-state index in [2.05, 4.69) is 4.98 Å². The lowest BCUT2D eigenvalue weighted by Gasteiger charge is -1.99. The van der Waals surface area contributed by atoms with Gasteiger partial charge in [-0.1, -0.05) is 6.07 Å². The number of aromatic carboxylic acids is 1. The highest BCUT2D eigenvalue weighted by Gasteiger charge is 2.32. The zero-order chi connectivity index (χ0) is 13.6. The Kier molecular flexibility index (Phi) is 2.60. The molecule has 1 aliphatic heterocycles. The molecule has 3 rings (SSSR count). The number of hydrogen-bond acceptors (Lipinski definition) is 5. The summed E-state index contributed by atoms with van der Waals surface area (Å²) < 4.78 is 28.4. The fraction of sp³-hybridized carbons (Fsp3) is 0.333. The van der Waals surface area contributed by atoms with Crippen LogP contribution in [0.2, 0.25) is 0 Å². The predicted octanol–water partition coefficient (Wildman–Crippen LogP) is 1.43. The largest absolute Gasteiger partial charge is 0.478 e. The molecule has 2 aromatic rings. The molecular weight excluding hydrogens is 270 g/mol.